The summed E-state index contributed by atoms with van der Waals surface area (Å²) in [4.78, 5) is 66.1. The number of carbonyl (C=O) groups is 5. The molecular formula is C24H25N3O7. The van der Waals surface area contributed by atoms with Crippen LogP contribution in [-0.2, 0) is 41.8 Å². The molecule has 0 spiro atoms. The third-order valence-electron chi connectivity index (χ3n) is 5.01. The first-order valence-corrected chi connectivity index (χ1v) is 10.7. The Kier molecular flexibility index (Phi) is 8.33. The fourth-order valence-corrected chi connectivity index (χ4v) is 3.16. The van der Waals surface area contributed by atoms with Gasteiger partial charge >= 0.3 is 12.1 Å². The lowest BCUT2D eigenvalue weighted by atomic mass is 10.1. The zero-order chi connectivity index (χ0) is 24.5. The van der Waals surface area contributed by atoms with Gasteiger partial charge in [-0.05, 0) is 18.1 Å². The van der Waals surface area contributed by atoms with Crippen LogP contribution in [0.2, 0.25) is 0 Å². The first-order chi connectivity index (χ1) is 16.3. The largest absolute Gasteiger partial charge is 0.445 e. The molecule has 34 heavy (non-hydrogen) atoms. The Hall–Kier alpha value is -4.21. The van der Waals surface area contributed by atoms with E-state index >= 15 is 0 Å². The third kappa shape index (κ3) is 6.89. The number of carbonyl (C=O) groups excluding carboxylic acids is 5. The fraction of sp³-hybridized carbons (Fsp3) is 0.292. The van der Waals surface area contributed by atoms with E-state index in [1.807, 2.05) is 18.2 Å². The number of rotatable bonds is 9. The molecule has 0 aromatic heterocycles. The van der Waals surface area contributed by atoms with E-state index < -0.39 is 41.9 Å². The minimum Gasteiger partial charge on any atom is -0.445 e. The van der Waals surface area contributed by atoms with Crippen LogP contribution < -0.4 is 10.6 Å². The average Bonchev–Trinajstić information content (AvgIpc) is 3.15. The minimum atomic E-state index is -1.21. The molecule has 0 saturated carbocycles. The van der Waals surface area contributed by atoms with Gasteiger partial charge in [0.25, 0.3) is 11.8 Å². The van der Waals surface area contributed by atoms with Gasteiger partial charge in [0.05, 0.1) is 0 Å². The summed E-state index contributed by atoms with van der Waals surface area (Å²) in [7, 11) is 0. The number of imide groups is 1. The van der Waals surface area contributed by atoms with Crippen molar-refractivity contribution in [2.75, 3.05) is 0 Å². The van der Waals surface area contributed by atoms with E-state index in [4.69, 9.17) is 9.57 Å². The van der Waals surface area contributed by atoms with Gasteiger partial charge in [-0.25, -0.2) is 9.59 Å². The maximum absolute atomic E-state index is 12.7. The van der Waals surface area contributed by atoms with E-state index in [-0.39, 0.29) is 25.9 Å². The molecule has 10 nitrogen and oxygen atoms in total. The summed E-state index contributed by atoms with van der Waals surface area (Å²) in [5.74, 6) is -2.90. The smallest absolute Gasteiger partial charge is 0.408 e. The molecule has 2 aromatic rings. The zero-order valence-electron chi connectivity index (χ0n) is 18.6. The average molecular weight is 467 g/mol. The summed E-state index contributed by atoms with van der Waals surface area (Å²) in [5.41, 5.74) is 1.50. The molecule has 10 heteroatoms. The molecule has 2 aromatic carbocycles. The summed E-state index contributed by atoms with van der Waals surface area (Å²) < 4.78 is 5.11. The highest BCUT2D eigenvalue weighted by Crippen LogP contribution is 2.14. The normalized spacial score (nSPS) is 14.8. The molecule has 1 heterocycles. The number of nitrogens with one attached hydrogen (secondary N) is 2. The van der Waals surface area contributed by atoms with Gasteiger partial charge in [0, 0.05) is 19.3 Å². The lowest BCUT2D eigenvalue weighted by Crippen LogP contribution is -2.52. The van der Waals surface area contributed by atoms with E-state index in [1.165, 1.54) is 6.92 Å². The number of nitrogens with zero attached hydrogens (tertiary/aromatic N) is 1. The number of benzene rings is 2. The number of hydroxylamine groups is 2. The van der Waals surface area contributed by atoms with Crippen molar-refractivity contribution in [3.8, 4) is 0 Å². The quantitative estimate of drug-likeness (QED) is 0.536. The molecule has 0 unspecified atom stereocenters. The monoisotopic (exact) mass is 467 g/mol. The Morgan fingerprint density at radius 2 is 1.44 bits per heavy atom. The van der Waals surface area contributed by atoms with E-state index in [0.29, 0.717) is 10.6 Å². The van der Waals surface area contributed by atoms with Gasteiger partial charge in [0.1, 0.15) is 18.7 Å². The third-order valence-corrected chi connectivity index (χ3v) is 5.01. The van der Waals surface area contributed by atoms with Gasteiger partial charge in [-0.3, -0.25) is 14.4 Å². The van der Waals surface area contributed by atoms with E-state index in [2.05, 4.69) is 10.6 Å². The second-order valence-electron chi connectivity index (χ2n) is 7.67. The molecule has 0 radical (unpaired) electrons. The zero-order valence-corrected chi connectivity index (χ0v) is 18.6. The van der Waals surface area contributed by atoms with Crippen LogP contribution in [0, 0.1) is 0 Å². The van der Waals surface area contributed by atoms with Crippen LogP contribution in [0.4, 0.5) is 4.79 Å². The maximum atomic E-state index is 12.7. The highest BCUT2D eigenvalue weighted by Gasteiger charge is 2.35. The number of hydrogen-bond donors (Lipinski definition) is 2. The van der Waals surface area contributed by atoms with Crippen LogP contribution in [-0.4, -0.2) is 46.9 Å². The minimum absolute atomic E-state index is 0.0296. The number of alkyl carbamates (subject to hydrolysis) is 1. The summed E-state index contributed by atoms with van der Waals surface area (Å²) in [6, 6.07) is 15.6. The molecule has 2 atom stereocenters. The van der Waals surface area contributed by atoms with Gasteiger partial charge in [-0.2, -0.15) is 0 Å². The SMILES string of the molecule is C[C@H](NC(=O)OCc1ccccc1)C(=O)N[C@@H](Cc1ccccc1)C(=O)ON1C(=O)CCC1=O. The molecule has 1 fully saturated rings. The second-order valence-corrected chi connectivity index (χ2v) is 7.67. The van der Waals surface area contributed by atoms with Crippen LogP contribution in [0.1, 0.15) is 30.9 Å². The Morgan fingerprint density at radius 1 is 0.882 bits per heavy atom. The number of hydrogen-bond acceptors (Lipinski definition) is 7. The summed E-state index contributed by atoms with van der Waals surface area (Å²) in [6.45, 7) is 1.46. The first-order valence-electron chi connectivity index (χ1n) is 10.7. The van der Waals surface area contributed by atoms with Crippen molar-refractivity contribution in [2.45, 2.75) is 44.9 Å². The fourth-order valence-electron chi connectivity index (χ4n) is 3.16. The van der Waals surface area contributed by atoms with Crippen molar-refractivity contribution in [3.05, 3.63) is 71.8 Å². The molecule has 0 bridgehead atoms. The first kappa shape index (κ1) is 24.4. The highest BCUT2D eigenvalue weighted by molar-refractivity contribution is 6.02. The Balaban J connectivity index is 1.60. The molecular weight excluding hydrogens is 442 g/mol. The Morgan fingerprint density at radius 3 is 2.03 bits per heavy atom. The van der Waals surface area contributed by atoms with Gasteiger partial charge < -0.3 is 20.2 Å². The lowest BCUT2D eigenvalue weighted by Gasteiger charge is -2.22. The van der Waals surface area contributed by atoms with Crippen LogP contribution in [0.5, 0.6) is 0 Å². The van der Waals surface area contributed by atoms with Crippen LogP contribution in [0.25, 0.3) is 0 Å². The number of ether oxygens (including phenoxy) is 1. The predicted molar refractivity (Wildman–Crippen MR) is 118 cm³/mol. The standard InChI is InChI=1S/C24H25N3O7/c1-16(25-24(32)33-15-18-10-6-3-7-11-18)22(30)26-19(14-17-8-4-2-5-9-17)23(31)34-27-20(28)12-13-21(27)29/h2-11,16,19H,12-15H2,1H3,(H,25,32)(H,26,30)/t16-,19-/m0/s1. The van der Waals surface area contributed by atoms with Crippen molar-refractivity contribution in [3.63, 3.8) is 0 Å². The topological polar surface area (TPSA) is 131 Å². The molecule has 1 aliphatic heterocycles. The molecule has 1 saturated heterocycles. The van der Waals surface area contributed by atoms with E-state index in [0.717, 1.165) is 5.56 Å². The van der Waals surface area contributed by atoms with Crippen molar-refractivity contribution in [1.29, 1.82) is 0 Å². The second kappa shape index (κ2) is 11.6. The Labute approximate surface area is 196 Å². The van der Waals surface area contributed by atoms with Crippen molar-refractivity contribution in [1.82, 2.24) is 15.7 Å². The van der Waals surface area contributed by atoms with Gasteiger partial charge in [-0.1, -0.05) is 60.7 Å². The highest BCUT2D eigenvalue weighted by atomic mass is 16.7. The van der Waals surface area contributed by atoms with E-state index in [1.54, 1.807) is 42.5 Å². The van der Waals surface area contributed by atoms with Crippen molar-refractivity contribution in [2.24, 2.45) is 0 Å². The van der Waals surface area contributed by atoms with Crippen LogP contribution in [0.3, 0.4) is 0 Å². The van der Waals surface area contributed by atoms with Crippen molar-refractivity contribution >= 4 is 29.8 Å². The summed E-state index contributed by atoms with van der Waals surface area (Å²) in [5, 5.41) is 5.34. The van der Waals surface area contributed by atoms with Crippen LogP contribution in [0.15, 0.2) is 60.7 Å². The van der Waals surface area contributed by atoms with Gasteiger partial charge in [0.2, 0.25) is 5.91 Å². The maximum Gasteiger partial charge on any atom is 0.408 e. The lowest BCUT2D eigenvalue weighted by molar-refractivity contribution is -0.199. The molecule has 4 amide bonds. The molecule has 178 valence electrons. The number of amides is 4. The van der Waals surface area contributed by atoms with Gasteiger partial charge in [-0.15, -0.1) is 5.06 Å². The molecule has 0 aliphatic carbocycles. The van der Waals surface area contributed by atoms with Gasteiger partial charge in [0.15, 0.2) is 0 Å². The summed E-state index contributed by atoms with van der Waals surface area (Å²) in [6.07, 6.45) is -0.851. The van der Waals surface area contributed by atoms with Crippen molar-refractivity contribution < 1.29 is 33.5 Å². The van der Waals surface area contributed by atoms with E-state index in [9.17, 15) is 24.0 Å². The predicted octanol–water partition coefficient (Wildman–Crippen LogP) is 1.64. The summed E-state index contributed by atoms with van der Waals surface area (Å²) >= 11 is 0. The molecule has 3 rings (SSSR count). The van der Waals surface area contributed by atoms with Crippen LogP contribution >= 0.6 is 0 Å². The Bertz CT molecular complexity index is 1030. The molecule has 1 aliphatic rings. The molecule has 2 N–H and O–H groups in total.